The summed E-state index contributed by atoms with van der Waals surface area (Å²) in [4.78, 5) is 13.3. The van der Waals surface area contributed by atoms with Crippen LogP contribution >= 0.6 is 31.9 Å². The number of benzene rings is 2. The first-order chi connectivity index (χ1) is 13.1. The molecule has 2 aliphatic rings. The maximum Gasteiger partial charge on any atom is 0.199 e. The van der Waals surface area contributed by atoms with E-state index in [1.165, 1.54) is 0 Å². The Bertz CT molecular complexity index is 1130. The number of halogens is 2. The lowest BCUT2D eigenvalue weighted by Gasteiger charge is -2.05. The summed E-state index contributed by atoms with van der Waals surface area (Å²) in [6.45, 7) is 1.09. The van der Waals surface area contributed by atoms with Gasteiger partial charge in [-0.15, -0.1) is 0 Å². The molecule has 1 unspecified atom stereocenters. The van der Waals surface area contributed by atoms with Crippen LogP contribution in [0.15, 0.2) is 55.5 Å². The molecule has 3 aromatic rings. The molecule has 0 radical (unpaired) electrons. The van der Waals surface area contributed by atoms with Crippen LogP contribution < -0.4 is 0 Å². The number of ether oxygens (including phenoxy) is 1. The Labute approximate surface area is 171 Å². The van der Waals surface area contributed by atoms with Crippen LogP contribution in [0.1, 0.15) is 11.1 Å². The summed E-state index contributed by atoms with van der Waals surface area (Å²) in [6.07, 6.45) is 0.107. The molecule has 0 aliphatic carbocycles. The normalized spacial score (nSPS) is 19.4. The fraction of sp³-hybridized carbons (Fsp3) is 0.158. The first-order valence-electron chi connectivity index (χ1n) is 8.32. The molecule has 2 N–H and O–H groups in total. The molecule has 3 heterocycles. The second kappa shape index (κ2) is 6.47. The highest BCUT2D eigenvalue weighted by Crippen LogP contribution is 2.38. The third-order valence-electron chi connectivity index (χ3n) is 4.49. The van der Waals surface area contributed by atoms with E-state index in [4.69, 9.17) is 14.6 Å². The van der Waals surface area contributed by atoms with Crippen molar-refractivity contribution in [2.45, 2.75) is 6.10 Å². The molecule has 6 nitrogen and oxygen atoms in total. The van der Waals surface area contributed by atoms with Crippen molar-refractivity contribution in [1.29, 1.82) is 0 Å². The SMILES string of the molecule is Oc1[nH]c2c(Br)cccc2c1C1=Nc2ccc(Br)cc2/C1=N\OCC1CO1. The molecule has 1 saturated heterocycles. The minimum absolute atomic E-state index is 0.0424. The number of fused-ring (bicyclic) bond motifs is 2. The summed E-state index contributed by atoms with van der Waals surface area (Å²) in [5.74, 6) is 0.0424. The summed E-state index contributed by atoms with van der Waals surface area (Å²) < 4.78 is 6.95. The second-order valence-electron chi connectivity index (χ2n) is 6.32. The Morgan fingerprint density at radius 3 is 2.96 bits per heavy atom. The standard InChI is InChI=1S/C19H13Br2N3O3/c20-9-4-5-14-12(6-9)17(24-27-8-10-7-26-10)18(22-14)15-11-2-1-3-13(21)16(11)23-19(15)25/h1-6,10,23,25H,7-8H2/b24-17+. The third kappa shape index (κ3) is 2.97. The van der Waals surface area contributed by atoms with E-state index in [1.807, 2.05) is 36.4 Å². The fourth-order valence-corrected chi connectivity index (χ4v) is 3.95. The van der Waals surface area contributed by atoms with Gasteiger partial charge in [-0.1, -0.05) is 33.2 Å². The molecule has 0 saturated carbocycles. The first-order valence-corrected chi connectivity index (χ1v) is 9.90. The van der Waals surface area contributed by atoms with Crippen LogP contribution in [-0.2, 0) is 9.57 Å². The molecule has 136 valence electrons. The van der Waals surface area contributed by atoms with Gasteiger partial charge in [-0.25, -0.2) is 4.99 Å². The average Bonchev–Trinajstić information content (AvgIpc) is 3.32. The van der Waals surface area contributed by atoms with Crippen molar-refractivity contribution in [3.8, 4) is 5.88 Å². The van der Waals surface area contributed by atoms with E-state index in [-0.39, 0.29) is 12.0 Å². The number of epoxide rings is 1. The lowest BCUT2D eigenvalue weighted by molar-refractivity contribution is 0.125. The summed E-state index contributed by atoms with van der Waals surface area (Å²) in [7, 11) is 0. The number of nitrogens with one attached hydrogen (secondary N) is 1. The van der Waals surface area contributed by atoms with E-state index in [0.717, 1.165) is 31.1 Å². The fourth-order valence-electron chi connectivity index (χ4n) is 3.12. The number of nitrogens with zero attached hydrogens (tertiary/aromatic N) is 2. The van der Waals surface area contributed by atoms with Crippen molar-refractivity contribution < 1.29 is 14.7 Å². The molecule has 0 spiro atoms. The number of hydrogen-bond donors (Lipinski definition) is 2. The van der Waals surface area contributed by atoms with Crippen molar-refractivity contribution in [2.75, 3.05) is 13.2 Å². The van der Waals surface area contributed by atoms with Crippen LogP contribution in [0.25, 0.3) is 10.9 Å². The Morgan fingerprint density at radius 2 is 2.15 bits per heavy atom. The molecular weight excluding hydrogens is 478 g/mol. The van der Waals surface area contributed by atoms with Crippen LogP contribution in [0.5, 0.6) is 5.88 Å². The van der Waals surface area contributed by atoms with Crippen LogP contribution in [0.2, 0.25) is 0 Å². The van der Waals surface area contributed by atoms with Crippen LogP contribution in [-0.4, -0.2) is 40.8 Å². The van der Waals surface area contributed by atoms with Gasteiger partial charge in [0.25, 0.3) is 0 Å². The van der Waals surface area contributed by atoms with E-state index in [2.05, 4.69) is 42.0 Å². The average molecular weight is 491 g/mol. The van der Waals surface area contributed by atoms with Gasteiger partial charge < -0.3 is 19.7 Å². The van der Waals surface area contributed by atoms with Gasteiger partial charge in [0.2, 0.25) is 0 Å². The van der Waals surface area contributed by atoms with Crippen molar-refractivity contribution >= 4 is 59.9 Å². The summed E-state index contributed by atoms with van der Waals surface area (Å²) in [5.41, 5.74) is 4.19. The summed E-state index contributed by atoms with van der Waals surface area (Å²) >= 11 is 7.01. The van der Waals surface area contributed by atoms with Crippen molar-refractivity contribution in [3.63, 3.8) is 0 Å². The summed E-state index contributed by atoms with van der Waals surface area (Å²) in [6, 6.07) is 11.5. The quantitative estimate of drug-likeness (QED) is 0.412. The highest BCUT2D eigenvalue weighted by Gasteiger charge is 2.30. The maximum atomic E-state index is 10.6. The topological polar surface area (TPSA) is 82.5 Å². The molecule has 8 heteroatoms. The van der Waals surface area contributed by atoms with E-state index in [0.29, 0.717) is 30.2 Å². The van der Waals surface area contributed by atoms with Gasteiger partial charge in [0.1, 0.15) is 24.1 Å². The number of aromatic nitrogens is 1. The zero-order valence-electron chi connectivity index (χ0n) is 13.9. The van der Waals surface area contributed by atoms with Crippen LogP contribution in [0.3, 0.4) is 0 Å². The molecule has 27 heavy (non-hydrogen) atoms. The van der Waals surface area contributed by atoms with Crippen molar-refractivity contribution in [3.05, 3.63) is 56.5 Å². The largest absolute Gasteiger partial charge is 0.494 e. The molecule has 1 aromatic heterocycles. The van der Waals surface area contributed by atoms with Gasteiger partial charge in [0.15, 0.2) is 5.88 Å². The van der Waals surface area contributed by atoms with Crippen molar-refractivity contribution in [1.82, 2.24) is 4.98 Å². The number of rotatable bonds is 4. The lowest BCUT2D eigenvalue weighted by atomic mass is 10.0. The number of aromatic hydroxyl groups is 1. The molecule has 5 rings (SSSR count). The summed E-state index contributed by atoms with van der Waals surface area (Å²) in [5, 5.41) is 15.8. The molecule has 2 aromatic carbocycles. The highest BCUT2D eigenvalue weighted by atomic mass is 79.9. The second-order valence-corrected chi connectivity index (χ2v) is 8.09. The van der Waals surface area contributed by atoms with Gasteiger partial charge in [0.05, 0.1) is 23.4 Å². The number of aromatic amines is 1. The van der Waals surface area contributed by atoms with E-state index < -0.39 is 0 Å². The molecule has 0 bridgehead atoms. The van der Waals surface area contributed by atoms with Gasteiger partial charge >= 0.3 is 0 Å². The molecule has 0 amide bonds. The zero-order valence-corrected chi connectivity index (χ0v) is 17.0. The Hall–Kier alpha value is -2.16. The van der Waals surface area contributed by atoms with Crippen LogP contribution in [0, 0.1) is 0 Å². The minimum atomic E-state index is 0.0424. The Kier molecular flexibility index (Phi) is 4.07. The predicted molar refractivity (Wildman–Crippen MR) is 110 cm³/mol. The molecular formula is C19H13Br2N3O3. The van der Waals surface area contributed by atoms with Gasteiger partial charge in [-0.05, 0) is 40.2 Å². The lowest BCUT2D eigenvalue weighted by Crippen LogP contribution is -2.14. The number of para-hydroxylation sites is 1. The van der Waals surface area contributed by atoms with Gasteiger partial charge in [-0.2, -0.15) is 0 Å². The Balaban J connectivity index is 1.66. The van der Waals surface area contributed by atoms with E-state index >= 15 is 0 Å². The Morgan fingerprint density at radius 1 is 1.30 bits per heavy atom. The number of hydrogen-bond acceptors (Lipinski definition) is 5. The van der Waals surface area contributed by atoms with E-state index in [9.17, 15) is 5.11 Å². The van der Waals surface area contributed by atoms with Gasteiger partial charge in [0, 0.05) is 19.9 Å². The molecule has 2 aliphatic heterocycles. The number of oxime groups is 1. The number of aliphatic imine (C=N–C) groups is 1. The zero-order chi connectivity index (χ0) is 18.5. The third-order valence-corrected chi connectivity index (χ3v) is 5.64. The predicted octanol–water partition coefficient (Wildman–Crippen LogP) is 4.65. The maximum absolute atomic E-state index is 10.6. The van der Waals surface area contributed by atoms with Crippen molar-refractivity contribution in [2.24, 2.45) is 10.1 Å². The van der Waals surface area contributed by atoms with Gasteiger partial charge in [-0.3, -0.25) is 0 Å². The number of H-pyrrole nitrogens is 1. The monoisotopic (exact) mass is 489 g/mol. The molecule has 1 fully saturated rings. The molecule has 1 atom stereocenters. The first kappa shape index (κ1) is 17.0. The highest BCUT2D eigenvalue weighted by molar-refractivity contribution is 9.11. The van der Waals surface area contributed by atoms with E-state index in [1.54, 1.807) is 0 Å². The van der Waals surface area contributed by atoms with Crippen LogP contribution in [0.4, 0.5) is 5.69 Å². The smallest absolute Gasteiger partial charge is 0.199 e. The minimum Gasteiger partial charge on any atom is -0.494 e.